The van der Waals surface area contributed by atoms with E-state index < -0.39 is 0 Å². The first-order valence-corrected chi connectivity index (χ1v) is 7.78. The summed E-state index contributed by atoms with van der Waals surface area (Å²) in [6.45, 7) is 6.83. The van der Waals surface area contributed by atoms with Crippen molar-refractivity contribution in [3.05, 3.63) is 0 Å². The second-order valence-corrected chi connectivity index (χ2v) is 6.73. The molecule has 19 heavy (non-hydrogen) atoms. The fourth-order valence-corrected chi connectivity index (χ4v) is 3.38. The molecule has 0 aromatic carbocycles. The van der Waals surface area contributed by atoms with Crippen LogP contribution in [-0.4, -0.2) is 54.9 Å². The van der Waals surface area contributed by atoms with Crippen molar-refractivity contribution in [1.82, 2.24) is 9.80 Å². The SMILES string of the molecule is CN1CCCCC1CCN1CCC(C)(C(=N)N)CC1. The maximum atomic E-state index is 7.69. The molecule has 4 heteroatoms. The van der Waals surface area contributed by atoms with Gasteiger partial charge in [-0.15, -0.1) is 0 Å². The number of nitrogens with two attached hydrogens (primary N) is 1. The summed E-state index contributed by atoms with van der Waals surface area (Å²) in [7, 11) is 2.27. The van der Waals surface area contributed by atoms with E-state index in [9.17, 15) is 0 Å². The van der Waals surface area contributed by atoms with Gasteiger partial charge in [-0.3, -0.25) is 5.41 Å². The minimum atomic E-state index is -0.0435. The second kappa shape index (κ2) is 6.23. The third-order valence-corrected chi connectivity index (χ3v) is 5.31. The van der Waals surface area contributed by atoms with Crippen LogP contribution in [-0.2, 0) is 0 Å². The Morgan fingerprint density at radius 3 is 2.53 bits per heavy atom. The predicted octanol–water partition coefficient (Wildman–Crippen LogP) is 1.90. The number of amidine groups is 1. The molecule has 2 heterocycles. The number of hydrogen-bond donors (Lipinski definition) is 2. The Kier molecular flexibility index (Phi) is 4.85. The van der Waals surface area contributed by atoms with Crippen molar-refractivity contribution in [3.63, 3.8) is 0 Å². The molecule has 2 aliphatic rings. The van der Waals surface area contributed by atoms with Crippen LogP contribution in [0.4, 0.5) is 0 Å². The number of rotatable bonds is 4. The molecule has 4 nitrogen and oxygen atoms in total. The Balaban J connectivity index is 1.72. The zero-order valence-electron chi connectivity index (χ0n) is 12.6. The maximum Gasteiger partial charge on any atom is 0.0966 e. The molecule has 0 amide bonds. The van der Waals surface area contributed by atoms with E-state index in [1.54, 1.807) is 0 Å². The van der Waals surface area contributed by atoms with Crippen LogP contribution < -0.4 is 5.73 Å². The number of likely N-dealkylation sites (tertiary alicyclic amines) is 2. The van der Waals surface area contributed by atoms with Gasteiger partial charge >= 0.3 is 0 Å². The Labute approximate surface area is 117 Å². The Morgan fingerprint density at radius 2 is 1.95 bits per heavy atom. The summed E-state index contributed by atoms with van der Waals surface area (Å²) in [6.07, 6.45) is 7.53. The van der Waals surface area contributed by atoms with Crippen LogP contribution in [0.1, 0.15) is 45.4 Å². The summed E-state index contributed by atoms with van der Waals surface area (Å²) >= 11 is 0. The molecule has 1 atom stereocenters. The topological polar surface area (TPSA) is 56.4 Å². The third-order valence-electron chi connectivity index (χ3n) is 5.31. The molecule has 2 rings (SSSR count). The van der Waals surface area contributed by atoms with Gasteiger partial charge in [0.25, 0.3) is 0 Å². The van der Waals surface area contributed by atoms with Gasteiger partial charge in [-0.25, -0.2) is 0 Å². The molecule has 2 aliphatic heterocycles. The van der Waals surface area contributed by atoms with Crippen molar-refractivity contribution < 1.29 is 0 Å². The molecule has 2 fully saturated rings. The highest BCUT2D eigenvalue weighted by molar-refractivity contribution is 5.83. The van der Waals surface area contributed by atoms with Gasteiger partial charge in [-0.05, 0) is 65.3 Å². The lowest BCUT2D eigenvalue weighted by Gasteiger charge is -2.40. The molecule has 0 bridgehead atoms. The standard InChI is InChI=1S/C15H30N4/c1-15(14(16)17)7-11-19(12-8-15)10-6-13-5-3-4-9-18(13)2/h13H,3-12H2,1-2H3,(H3,16,17). The summed E-state index contributed by atoms with van der Waals surface area (Å²) in [4.78, 5) is 5.10. The fourth-order valence-electron chi connectivity index (χ4n) is 3.38. The Morgan fingerprint density at radius 1 is 1.26 bits per heavy atom. The summed E-state index contributed by atoms with van der Waals surface area (Å²) in [6, 6.07) is 0.787. The average molecular weight is 266 g/mol. The largest absolute Gasteiger partial charge is 0.387 e. The highest BCUT2D eigenvalue weighted by atomic mass is 15.2. The molecule has 0 aromatic heterocycles. The van der Waals surface area contributed by atoms with Crippen molar-refractivity contribution in [2.75, 3.05) is 33.2 Å². The van der Waals surface area contributed by atoms with Gasteiger partial charge in [0.1, 0.15) is 0 Å². The van der Waals surface area contributed by atoms with E-state index in [2.05, 4.69) is 23.8 Å². The highest BCUT2D eigenvalue weighted by Crippen LogP contribution is 2.30. The molecular weight excluding hydrogens is 236 g/mol. The van der Waals surface area contributed by atoms with E-state index in [4.69, 9.17) is 11.1 Å². The van der Waals surface area contributed by atoms with Crippen molar-refractivity contribution >= 4 is 5.84 Å². The minimum absolute atomic E-state index is 0.0435. The van der Waals surface area contributed by atoms with E-state index in [1.807, 2.05) is 0 Å². The lowest BCUT2D eigenvalue weighted by molar-refractivity contribution is 0.125. The number of hydrogen-bond acceptors (Lipinski definition) is 3. The van der Waals surface area contributed by atoms with E-state index in [0.717, 1.165) is 32.0 Å². The molecule has 1 unspecified atom stereocenters. The first kappa shape index (κ1) is 14.8. The fraction of sp³-hybridized carbons (Fsp3) is 0.933. The lowest BCUT2D eigenvalue weighted by Crippen LogP contribution is -2.46. The van der Waals surface area contributed by atoms with E-state index in [-0.39, 0.29) is 5.41 Å². The first-order chi connectivity index (χ1) is 9.01. The van der Waals surface area contributed by atoms with Crippen LogP contribution in [0.5, 0.6) is 0 Å². The minimum Gasteiger partial charge on any atom is -0.387 e. The number of nitrogens with zero attached hydrogens (tertiary/aromatic N) is 2. The number of nitrogens with one attached hydrogen (secondary N) is 1. The van der Waals surface area contributed by atoms with Gasteiger partial charge in [-0.2, -0.15) is 0 Å². The predicted molar refractivity (Wildman–Crippen MR) is 80.6 cm³/mol. The van der Waals surface area contributed by atoms with E-state index >= 15 is 0 Å². The first-order valence-electron chi connectivity index (χ1n) is 7.78. The monoisotopic (exact) mass is 266 g/mol. The lowest BCUT2D eigenvalue weighted by atomic mass is 9.79. The van der Waals surface area contributed by atoms with Crippen LogP contribution in [0.3, 0.4) is 0 Å². The smallest absolute Gasteiger partial charge is 0.0966 e. The molecule has 0 aliphatic carbocycles. The molecule has 0 aromatic rings. The van der Waals surface area contributed by atoms with Gasteiger partial charge in [-0.1, -0.05) is 13.3 Å². The van der Waals surface area contributed by atoms with Crippen LogP contribution in [0, 0.1) is 10.8 Å². The van der Waals surface area contributed by atoms with Crippen molar-refractivity contribution in [1.29, 1.82) is 5.41 Å². The third kappa shape index (κ3) is 3.69. The van der Waals surface area contributed by atoms with Gasteiger partial charge in [0.05, 0.1) is 5.84 Å². The summed E-state index contributed by atoms with van der Waals surface area (Å²) in [5, 5.41) is 7.69. The Hall–Kier alpha value is -0.610. The zero-order valence-corrected chi connectivity index (χ0v) is 12.6. The Bertz CT molecular complexity index is 307. The summed E-state index contributed by atoms with van der Waals surface area (Å²) in [5.74, 6) is 0.374. The van der Waals surface area contributed by atoms with Gasteiger partial charge in [0.2, 0.25) is 0 Å². The molecular formula is C15H30N4. The second-order valence-electron chi connectivity index (χ2n) is 6.73. The maximum absolute atomic E-state index is 7.69. The highest BCUT2D eigenvalue weighted by Gasteiger charge is 2.33. The van der Waals surface area contributed by atoms with Crippen LogP contribution in [0.2, 0.25) is 0 Å². The summed E-state index contributed by atoms with van der Waals surface area (Å²) < 4.78 is 0. The van der Waals surface area contributed by atoms with Crippen LogP contribution in [0.15, 0.2) is 0 Å². The molecule has 0 spiro atoms. The average Bonchev–Trinajstić information content (AvgIpc) is 2.40. The molecule has 0 saturated carbocycles. The van der Waals surface area contributed by atoms with Gasteiger partial charge in [0.15, 0.2) is 0 Å². The molecule has 3 N–H and O–H groups in total. The number of piperidine rings is 2. The van der Waals surface area contributed by atoms with Crippen LogP contribution in [0.25, 0.3) is 0 Å². The van der Waals surface area contributed by atoms with Gasteiger partial charge in [0, 0.05) is 11.5 Å². The molecule has 0 radical (unpaired) electrons. The van der Waals surface area contributed by atoms with Crippen molar-refractivity contribution in [2.45, 2.75) is 51.5 Å². The normalized spacial score (nSPS) is 29.3. The van der Waals surface area contributed by atoms with Crippen molar-refractivity contribution in [3.8, 4) is 0 Å². The quantitative estimate of drug-likeness (QED) is 0.603. The molecule has 2 saturated heterocycles. The van der Waals surface area contributed by atoms with Crippen LogP contribution >= 0.6 is 0 Å². The zero-order chi connectivity index (χ0) is 13.9. The summed E-state index contributed by atoms with van der Waals surface area (Å²) in [5.41, 5.74) is 5.67. The van der Waals surface area contributed by atoms with Gasteiger partial charge < -0.3 is 15.5 Å². The van der Waals surface area contributed by atoms with Crippen molar-refractivity contribution in [2.24, 2.45) is 11.1 Å². The molecule has 110 valence electrons. The van der Waals surface area contributed by atoms with E-state index in [0.29, 0.717) is 5.84 Å². The van der Waals surface area contributed by atoms with E-state index in [1.165, 1.54) is 38.8 Å².